The van der Waals surface area contributed by atoms with Gasteiger partial charge in [0.2, 0.25) is 10.0 Å². The molecule has 1 aliphatic rings. The van der Waals surface area contributed by atoms with E-state index in [0.717, 1.165) is 23.1 Å². The fourth-order valence-electron chi connectivity index (χ4n) is 3.90. The van der Waals surface area contributed by atoms with Crippen LogP contribution in [-0.4, -0.2) is 62.7 Å². The van der Waals surface area contributed by atoms with Crippen molar-refractivity contribution in [2.24, 2.45) is 4.99 Å². The Balaban J connectivity index is 1.56. The van der Waals surface area contributed by atoms with Crippen LogP contribution in [0, 0.1) is 0 Å². The topological polar surface area (TPSA) is 90.2 Å². The van der Waals surface area contributed by atoms with E-state index in [9.17, 15) is 13.2 Å². The molecule has 10 heteroatoms. The molecule has 1 amide bonds. The first-order valence-corrected chi connectivity index (χ1v) is 13.6. The first kappa shape index (κ1) is 24.7. The molecule has 1 aliphatic heterocycles. The van der Waals surface area contributed by atoms with Crippen molar-refractivity contribution in [3.63, 3.8) is 0 Å². The molecule has 2 aromatic carbocycles. The summed E-state index contributed by atoms with van der Waals surface area (Å²) < 4.78 is 41.2. The standard InChI is InChI=1S/C24H29N3O5S2/c1-3-31-16-14-27-21-8-4-5-9-22(21)33-24(27)25-23(28)18-10-12-20(13-11-18)34(29,30)26(2)17-19-7-6-15-32-19/h4-5,8-13,19H,3,6-7,14-17H2,1-2H3. The summed E-state index contributed by atoms with van der Waals surface area (Å²) in [4.78, 5) is 18.0. The molecule has 1 atom stereocenters. The van der Waals surface area contributed by atoms with Gasteiger partial charge in [-0.2, -0.15) is 9.30 Å². The number of benzene rings is 2. The van der Waals surface area contributed by atoms with Gasteiger partial charge in [-0.15, -0.1) is 0 Å². The van der Waals surface area contributed by atoms with Crippen LogP contribution in [0.5, 0.6) is 0 Å². The number of nitrogens with zero attached hydrogens (tertiary/aromatic N) is 3. The molecule has 0 bridgehead atoms. The average Bonchev–Trinajstić information content (AvgIpc) is 3.47. The lowest BCUT2D eigenvalue weighted by Gasteiger charge is -2.20. The molecular weight excluding hydrogens is 474 g/mol. The van der Waals surface area contributed by atoms with Gasteiger partial charge in [0.1, 0.15) is 0 Å². The second-order valence-corrected chi connectivity index (χ2v) is 11.1. The lowest BCUT2D eigenvalue weighted by atomic mass is 10.2. The number of sulfonamides is 1. The number of thiazole rings is 1. The van der Waals surface area contributed by atoms with Crippen LogP contribution in [0.4, 0.5) is 0 Å². The summed E-state index contributed by atoms with van der Waals surface area (Å²) in [6, 6.07) is 13.8. The van der Waals surface area contributed by atoms with Crippen LogP contribution in [0.2, 0.25) is 0 Å². The molecule has 0 aliphatic carbocycles. The van der Waals surface area contributed by atoms with Crippen LogP contribution >= 0.6 is 11.3 Å². The molecule has 0 saturated carbocycles. The Labute approximate surface area is 203 Å². The lowest BCUT2D eigenvalue weighted by molar-refractivity contribution is 0.0979. The summed E-state index contributed by atoms with van der Waals surface area (Å²) in [5, 5.41) is 0. The van der Waals surface area contributed by atoms with E-state index in [1.165, 1.54) is 39.9 Å². The number of aromatic nitrogens is 1. The number of hydrogen-bond acceptors (Lipinski definition) is 6. The predicted molar refractivity (Wildman–Crippen MR) is 131 cm³/mol. The molecule has 0 radical (unpaired) electrons. The van der Waals surface area contributed by atoms with E-state index in [1.807, 2.05) is 35.8 Å². The Morgan fingerprint density at radius 2 is 2.00 bits per heavy atom. The zero-order valence-corrected chi connectivity index (χ0v) is 21.0. The maximum atomic E-state index is 12.9. The molecule has 3 aromatic rings. The maximum absolute atomic E-state index is 12.9. The molecule has 34 heavy (non-hydrogen) atoms. The van der Waals surface area contributed by atoms with Crippen molar-refractivity contribution < 1.29 is 22.7 Å². The summed E-state index contributed by atoms with van der Waals surface area (Å²) in [5.41, 5.74) is 1.32. The highest BCUT2D eigenvalue weighted by molar-refractivity contribution is 7.89. The van der Waals surface area contributed by atoms with Crippen LogP contribution in [0.3, 0.4) is 0 Å². The molecule has 1 fully saturated rings. The van der Waals surface area contributed by atoms with Crippen molar-refractivity contribution in [1.29, 1.82) is 0 Å². The van der Waals surface area contributed by atoms with E-state index < -0.39 is 15.9 Å². The molecule has 2 heterocycles. The minimum atomic E-state index is -3.67. The molecule has 1 saturated heterocycles. The summed E-state index contributed by atoms with van der Waals surface area (Å²) in [5.74, 6) is -0.423. The number of carbonyl (C=O) groups excluding carboxylic acids is 1. The van der Waals surface area contributed by atoms with Gasteiger partial charge in [0, 0.05) is 38.9 Å². The van der Waals surface area contributed by atoms with Crippen LogP contribution in [0.15, 0.2) is 58.4 Å². The largest absolute Gasteiger partial charge is 0.380 e. The molecule has 4 rings (SSSR count). The number of amides is 1. The fraction of sp³-hybridized carbons (Fsp3) is 0.417. The molecule has 0 spiro atoms. The highest BCUT2D eigenvalue weighted by Crippen LogP contribution is 2.20. The number of likely N-dealkylation sites (N-methyl/N-ethyl adjacent to an activating group) is 1. The summed E-state index contributed by atoms with van der Waals surface area (Å²) in [6.07, 6.45) is 1.73. The van der Waals surface area contributed by atoms with Crippen LogP contribution in [0.25, 0.3) is 10.2 Å². The van der Waals surface area contributed by atoms with E-state index in [4.69, 9.17) is 9.47 Å². The molecular formula is C24H29N3O5S2. The van der Waals surface area contributed by atoms with Crippen molar-refractivity contribution in [2.75, 3.05) is 33.4 Å². The number of fused-ring (bicyclic) bond motifs is 1. The van der Waals surface area contributed by atoms with E-state index in [0.29, 0.717) is 43.3 Å². The zero-order chi connectivity index (χ0) is 24.1. The highest BCUT2D eigenvalue weighted by Gasteiger charge is 2.26. The van der Waals surface area contributed by atoms with Gasteiger partial charge in [-0.3, -0.25) is 4.79 Å². The number of hydrogen-bond donors (Lipinski definition) is 0. The minimum Gasteiger partial charge on any atom is -0.380 e. The van der Waals surface area contributed by atoms with Gasteiger partial charge in [0.15, 0.2) is 4.80 Å². The van der Waals surface area contributed by atoms with E-state index in [-0.39, 0.29) is 11.0 Å². The van der Waals surface area contributed by atoms with Gasteiger partial charge < -0.3 is 14.0 Å². The normalized spacial score (nSPS) is 17.1. The third-order valence-electron chi connectivity index (χ3n) is 5.74. The minimum absolute atomic E-state index is 0.0739. The maximum Gasteiger partial charge on any atom is 0.279 e. The van der Waals surface area contributed by atoms with Gasteiger partial charge in [0.25, 0.3) is 5.91 Å². The predicted octanol–water partition coefficient (Wildman–Crippen LogP) is 3.28. The Morgan fingerprint density at radius 3 is 2.71 bits per heavy atom. The second-order valence-electron chi connectivity index (χ2n) is 8.06. The van der Waals surface area contributed by atoms with E-state index in [1.54, 1.807) is 7.05 Å². The summed E-state index contributed by atoms with van der Waals surface area (Å²) in [7, 11) is -2.12. The number of carbonyl (C=O) groups is 1. The second kappa shape index (κ2) is 10.9. The number of para-hydroxylation sites is 1. The lowest BCUT2D eigenvalue weighted by Crippen LogP contribution is -2.34. The highest BCUT2D eigenvalue weighted by atomic mass is 32.2. The molecule has 1 unspecified atom stereocenters. The van der Waals surface area contributed by atoms with Crippen molar-refractivity contribution in [3.8, 4) is 0 Å². The Hall–Kier alpha value is -2.37. The van der Waals surface area contributed by atoms with Gasteiger partial charge in [-0.05, 0) is 56.2 Å². The molecule has 1 aromatic heterocycles. The van der Waals surface area contributed by atoms with Crippen LogP contribution in [0.1, 0.15) is 30.1 Å². The summed E-state index contributed by atoms with van der Waals surface area (Å²) in [6.45, 7) is 4.64. The monoisotopic (exact) mass is 503 g/mol. The van der Waals surface area contributed by atoms with Crippen LogP contribution < -0.4 is 4.80 Å². The average molecular weight is 504 g/mol. The van der Waals surface area contributed by atoms with Crippen LogP contribution in [-0.2, 0) is 26.0 Å². The zero-order valence-electron chi connectivity index (χ0n) is 19.3. The Kier molecular flexibility index (Phi) is 7.95. The Bertz CT molecular complexity index is 1310. The quantitative estimate of drug-likeness (QED) is 0.418. The number of rotatable bonds is 9. The van der Waals surface area contributed by atoms with E-state index in [2.05, 4.69) is 4.99 Å². The molecule has 8 nitrogen and oxygen atoms in total. The van der Waals surface area contributed by atoms with Gasteiger partial charge in [-0.25, -0.2) is 8.42 Å². The molecule has 0 N–H and O–H groups in total. The van der Waals surface area contributed by atoms with Crippen molar-refractivity contribution in [2.45, 2.75) is 37.3 Å². The Morgan fingerprint density at radius 1 is 1.24 bits per heavy atom. The fourth-order valence-corrected chi connectivity index (χ4v) is 6.15. The van der Waals surface area contributed by atoms with Crippen molar-refractivity contribution in [3.05, 3.63) is 58.9 Å². The summed E-state index contributed by atoms with van der Waals surface area (Å²) >= 11 is 1.44. The molecule has 182 valence electrons. The van der Waals surface area contributed by atoms with Gasteiger partial charge >= 0.3 is 0 Å². The number of ether oxygens (including phenoxy) is 2. The third kappa shape index (κ3) is 5.47. The van der Waals surface area contributed by atoms with E-state index >= 15 is 0 Å². The first-order valence-electron chi connectivity index (χ1n) is 11.3. The van der Waals surface area contributed by atoms with Crippen molar-refractivity contribution >= 4 is 37.5 Å². The SMILES string of the molecule is CCOCCn1c(=NC(=O)c2ccc(S(=O)(=O)N(C)CC3CCCO3)cc2)sc2ccccc21. The first-order chi connectivity index (χ1) is 16.4. The smallest absolute Gasteiger partial charge is 0.279 e. The van der Waals surface area contributed by atoms with Gasteiger partial charge in [-0.1, -0.05) is 23.5 Å². The van der Waals surface area contributed by atoms with Crippen molar-refractivity contribution in [1.82, 2.24) is 8.87 Å². The van der Waals surface area contributed by atoms with Gasteiger partial charge in [0.05, 0.1) is 27.8 Å². The third-order valence-corrected chi connectivity index (χ3v) is 8.64.